The third-order valence-electron chi connectivity index (χ3n) is 3.23. The number of carbonyl (C=O) groups excluding carboxylic acids is 1. The molecule has 0 bridgehead atoms. The van der Waals surface area contributed by atoms with Crippen LogP contribution >= 0.6 is 0 Å². The molecule has 1 fully saturated rings. The van der Waals surface area contributed by atoms with E-state index in [1.54, 1.807) is 6.20 Å². The number of nitrogens with zero attached hydrogens (tertiary/aromatic N) is 2. The molecule has 4 nitrogen and oxygen atoms in total. The predicted octanol–water partition coefficient (Wildman–Crippen LogP) is 1.75. The summed E-state index contributed by atoms with van der Waals surface area (Å²) in [5.41, 5.74) is 0.783. The Labute approximate surface area is 106 Å². The zero-order valence-electron chi connectivity index (χ0n) is 10.4. The molecule has 0 saturated carbocycles. The highest BCUT2D eigenvalue weighted by atomic mass is 19.1. The molecule has 18 heavy (non-hydrogen) atoms. The molecule has 98 valence electrons. The second-order valence-corrected chi connectivity index (χ2v) is 4.52. The molecule has 5 heteroatoms. The smallest absolute Gasteiger partial charge is 0.323 e. The third-order valence-corrected chi connectivity index (χ3v) is 3.23. The van der Waals surface area contributed by atoms with Crippen LogP contribution in [0, 0.1) is 5.82 Å². The summed E-state index contributed by atoms with van der Waals surface area (Å²) in [7, 11) is 1.40. The molecule has 1 atom stereocenters. The lowest BCUT2D eigenvalue weighted by Gasteiger charge is -2.33. The van der Waals surface area contributed by atoms with E-state index in [0.717, 1.165) is 31.4 Å². The Morgan fingerprint density at radius 2 is 2.39 bits per heavy atom. The molecule has 1 aliphatic rings. The van der Waals surface area contributed by atoms with Gasteiger partial charge in [0.2, 0.25) is 0 Å². The van der Waals surface area contributed by atoms with E-state index < -0.39 is 0 Å². The van der Waals surface area contributed by atoms with E-state index in [-0.39, 0.29) is 17.8 Å². The van der Waals surface area contributed by atoms with Crippen LogP contribution in [0.1, 0.15) is 24.8 Å². The summed E-state index contributed by atoms with van der Waals surface area (Å²) in [4.78, 5) is 17.5. The van der Waals surface area contributed by atoms with Crippen LogP contribution in [-0.4, -0.2) is 35.5 Å². The van der Waals surface area contributed by atoms with Gasteiger partial charge in [-0.2, -0.15) is 0 Å². The Bertz CT molecular complexity index is 425. The van der Waals surface area contributed by atoms with Crippen molar-refractivity contribution in [2.45, 2.75) is 31.8 Å². The highest BCUT2D eigenvalue weighted by molar-refractivity contribution is 5.75. The zero-order valence-corrected chi connectivity index (χ0v) is 10.4. The summed E-state index contributed by atoms with van der Waals surface area (Å²) < 4.78 is 17.9. The molecule has 2 rings (SSSR count). The maximum atomic E-state index is 13.1. The van der Waals surface area contributed by atoms with E-state index in [0.29, 0.717) is 6.54 Å². The average Bonchev–Trinajstić information content (AvgIpc) is 2.38. The van der Waals surface area contributed by atoms with Crippen molar-refractivity contribution < 1.29 is 13.9 Å². The fourth-order valence-electron chi connectivity index (χ4n) is 2.36. The molecule has 0 amide bonds. The number of ether oxygens (including phenoxy) is 1. The number of likely N-dealkylation sites (tertiary alicyclic amines) is 1. The molecule has 0 aliphatic carbocycles. The molecule has 0 aromatic carbocycles. The SMILES string of the molecule is COC(=O)C1CCCCN1Cc1cncc(F)c1. The Morgan fingerprint density at radius 1 is 1.56 bits per heavy atom. The van der Waals surface area contributed by atoms with Crippen molar-refractivity contribution in [2.24, 2.45) is 0 Å². The molecule has 1 aromatic rings. The maximum absolute atomic E-state index is 13.1. The molecule has 1 aliphatic heterocycles. The van der Waals surface area contributed by atoms with Crippen LogP contribution in [-0.2, 0) is 16.1 Å². The topological polar surface area (TPSA) is 42.4 Å². The Hall–Kier alpha value is -1.49. The summed E-state index contributed by atoms with van der Waals surface area (Å²) in [6.07, 6.45) is 5.69. The van der Waals surface area contributed by atoms with Gasteiger partial charge in [-0.3, -0.25) is 14.7 Å². The number of hydrogen-bond donors (Lipinski definition) is 0. The summed E-state index contributed by atoms with van der Waals surface area (Å²) in [5, 5.41) is 0. The van der Waals surface area contributed by atoms with Gasteiger partial charge in [0, 0.05) is 12.7 Å². The average molecular weight is 252 g/mol. The van der Waals surface area contributed by atoms with E-state index in [1.165, 1.54) is 19.4 Å². The standard InChI is InChI=1S/C13H17FN2O2/c1-18-13(17)12-4-2-3-5-16(12)9-10-6-11(14)8-15-7-10/h6-8,12H,2-5,9H2,1H3. The monoisotopic (exact) mass is 252 g/mol. The second-order valence-electron chi connectivity index (χ2n) is 4.52. The Morgan fingerprint density at radius 3 is 3.11 bits per heavy atom. The number of methoxy groups -OCH3 is 1. The minimum absolute atomic E-state index is 0.209. The van der Waals surface area contributed by atoms with Crippen molar-refractivity contribution in [1.29, 1.82) is 0 Å². The van der Waals surface area contributed by atoms with Gasteiger partial charge >= 0.3 is 5.97 Å². The number of aromatic nitrogens is 1. The fourth-order valence-corrected chi connectivity index (χ4v) is 2.36. The first-order valence-corrected chi connectivity index (χ1v) is 6.12. The highest BCUT2D eigenvalue weighted by Crippen LogP contribution is 2.20. The lowest BCUT2D eigenvalue weighted by atomic mass is 10.0. The number of esters is 1. The van der Waals surface area contributed by atoms with Crippen molar-refractivity contribution in [1.82, 2.24) is 9.88 Å². The number of hydrogen-bond acceptors (Lipinski definition) is 4. The van der Waals surface area contributed by atoms with Crippen molar-refractivity contribution in [3.05, 3.63) is 29.8 Å². The second kappa shape index (κ2) is 5.91. The minimum atomic E-state index is -0.348. The van der Waals surface area contributed by atoms with E-state index in [9.17, 15) is 9.18 Å². The van der Waals surface area contributed by atoms with Crippen molar-refractivity contribution in [3.63, 3.8) is 0 Å². The first-order valence-electron chi connectivity index (χ1n) is 6.12. The van der Waals surface area contributed by atoms with Gasteiger partial charge in [0.25, 0.3) is 0 Å². The van der Waals surface area contributed by atoms with Crippen LogP contribution in [0.2, 0.25) is 0 Å². The first kappa shape index (κ1) is 13.0. The van der Waals surface area contributed by atoms with E-state index in [1.807, 2.05) is 4.90 Å². The molecule has 0 spiro atoms. The number of pyridine rings is 1. The number of piperidine rings is 1. The van der Waals surface area contributed by atoms with Gasteiger partial charge in [-0.25, -0.2) is 4.39 Å². The zero-order chi connectivity index (χ0) is 13.0. The van der Waals surface area contributed by atoms with Crippen LogP contribution in [0.5, 0.6) is 0 Å². The lowest BCUT2D eigenvalue weighted by Crippen LogP contribution is -2.44. The van der Waals surface area contributed by atoms with Crippen LogP contribution in [0.25, 0.3) is 0 Å². The number of rotatable bonds is 3. The van der Waals surface area contributed by atoms with E-state index in [4.69, 9.17) is 4.74 Å². The molecule has 0 N–H and O–H groups in total. The van der Waals surface area contributed by atoms with Gasteiger partial charge in [0.05, 0.1) is 13.3 Å². The summed E-state index contributed by atoms with van der Waals surface area (Å²) in [6.45, 7) is 1.36. The van der Waals surface area contributed by atoms with Gasteiger partial charge in [-0.05, 0) is 31.0 Å². The summed E-state index contributed by atoms with van der Waals surface area (Å²) >= 11 is 0. The van der Waals surface area contributed by atoms with Gasteiger partial charge in [0.15, 0.2) is 0 Å². The van der Waals surface area contributed by atoms with Gasteiger partial charge < -0.3 is 4.74 Å². The van der Waals surface area contributed by atoms with E-state index in [2.05, 4.69) is 4.98 Å². The third kappa shape index (κ3) is 3.04. The Kier molecular flexibility index (Phi) is 4.25. The van der Waals surface area contributed by atoms with Gasteiger partial charge in [-0.1, -0.05) is 6.42 Å². The molecule has 1 aromatic heterocycles. The van der Waals surface area contributed by atoms with Crippen LogP contribution in [0.4, 0.5) is 4.39 Å². The summed E-state index contributed by atoms with van der Waals surface area (Å²) in [5.74, 6) is -0.557. The number of halogens is 1. The summed E-state index contributed by atoms with van der Waals surface area (Å²) in [6, 6.07) is 1.24. The van der Waals surface area contributed by atoms with E-state index >= 15 is 0 Å². The number of carbonyl (C=O) groups is 1. The molecule has 1 unspecified atom stereocenters. The molecule has 2 heterocycles. The normalized spacial score (nSPS) is 20.7. The Balaban J connectivity index is 2.07. The largest absolute Gasteiger partial charge is 0.468 e. The molecule has 1 saturated heterocycles. The van der Waals surface area contributed by atoms with Crippen molar-refractivity contribution in [3.8, 4) is 0 Å². The van der Waals surface area contributed by atoms with Gasteiger partial charge in [-0.15, -0.1) is 0 Å². The first-order chi connectivity index (χ1) is 8.70. The highest BCUT2D eigenvalue weighted by Gasteiger charge is 2.29. The van der Waals surface area contributed by atoms with Crippen molar-refractivity contribution >= 4 is 5.97 Å². The lowest BCUT2D eigenvalue weighted by molar-refractivity contribution is -0.148. The van der Waals surface area contributed by atoms with Crippen molar-refractivity contribution in [2.75, 3.05) is 13.7 Å². The van der Waals surface area contributed by atoms with Crippen LogP contribution in [0.3, 0.4) is 0 Å². The minimum Gasteiger partial charge on any atom is -0.468 e. The maximum Gasteiger partial charge on any atom is 0.323 e. The molecular weight excluding hydrogens is 235 g/mol. The predicted molar refractivity (Wildman–Crippen MR) is 64.3 cm³/mol. The quantitative estimate of drug-likeness (QED) is 0.769. The molecule has 0 radical (unpaired) electrons. The molecular formula is C13H17FN2O2. The van der Waals surface area contributed by atoms with Crippen LogP contribution < -0.4 is 0 Å². The fraction of sp³-hybridized carbons (Fsp3) is 0.538. The van der Waals surface area contributed by atoms with Gasteiger partial charge in [0.1, 0.15) is 11.9 Å². The van der Waals surface area contributed by atoms with Crippen LogP contribution in [0.15, 0.2) is 18.5 Å².